The van der Waals surface area contributed by atoms with Gasteiger partial charge >= 0.3 is 6.08 Å². The molecule has 8 nitrogen and oxygen atoms in total. The van der Waals surface area contributed by atoms with Crippen LogP contribution >= 0.6 is 11.3 Å². The van der Waals surface area contributed by atoms with Gasteiger partial charge in [0.25, 0.3) is 0 Å². The maximum absolute atomic E-state index is 6.06. The second-order valence-corrected chi connectivity index (χ2v) is 7.02. The van der Waals surface area contributed by atoms with Gasteiger partial charge in [-0.15, -0.1) is 21.5 Å². The predicted molar refractivity (Wildman–Crippen MR) is 95.0 cm³/mol. The van der Waals surface area contributed by atoms with Crippen molar-refractivity contribution in [2.45, 2.75) is 52.7 Å². The molecule has 1 N–H and O–H groups in total. The Morgan fingerprint density at radius 3 is 2.68 bits per heavy atom. The summed E-state index contributed by atoms with van der Waals surface area (Å²) in [5.74, 6) is 0.531. The van der Waals surface area contributed by atoms with Gasteiger partial charge in [-0.05, 0) is 38.0 Å². The summed E-state index contributed by atoms with van der Waals surface area (Å²) < 4.78 is 17.0. The van der Waals surface area contributed by atoms with Crippen LogP contribution in [0.1, 0.15) is 44.6 Å². The molecule has 0 bridgehead atoms. The van der Waals surface area contributed by atoms with Crippen LogP contribution in [0.3, 0.4) is 0 Å². The normalized spacial score (nSPS) is 19.4. The van der Waals surface area contributed by atoms with Gasteiger partial charge in [0.05, 0.1) is 31.0 Å². The number of fused-ring (bicyclic) bond motifs is 1. The number of thiophene rings is 1. The number of aromatic nitrogens is 4. The molecule has 25 heavy (non-hydrogen) atoms. The molecule has 0 fully saturated rings. The van der Waals surface area contributed by atoms with Crippen molar-refractivity contribution in [2.75, 3.05) is 13.2 Å². The third-order valence-corrected chi connectivity index (χ3v) is 5.32. The van der Waals surface area contributed by atoms with Crippen LogP contribution < -0.4 is 0 Å². The molecule has 0 amide bonds. The summed E-state index contributed by atoms with van der Waals surface area (Å²) in [4.78, 5) is 5.72. The molecule has 9 heteroatoms. The van der Waals surface area contributed by atoms with Crippen molar-refractivity contribution in [3.8, 4) is 11.4 Å². The quantitative estimate of drug-likeness (QED) is 0.646. The van der Waals surface area contributed by atoms with Gasteiger partial charge in [0, 0.05) is 11.3 Å². The Balaban J connectivity index is 2.09. The number of ether oxygens (including phenoxy) is 3. The number of nitrogens with one attached hydrogen (secondary N) is 1. The summed E-state index contributed by atoms with van der Waals surface area (Å²) in [6, 6.07) is 0. The molecule has 0 aliphatic carbocycles. The molecule has 1 aliphatic heterocycles. The van der Waals surface area contributed by atoms with E-state index in [0.717, 1.165) is 28.3 Å². The van der Waals surface area contributed by atoms with Gasteiger partial charge in [0.15, 0.2) is 0 Å². The zero-order chi connectivity index (χ0) is 17.9. The zero-order valence-electron chi connectivity index (χ0n) is 15.0. The third-order valence-electron chi connectivity index (χ3n) is 4.22. The van der Waals surface area contributed by atoms with Crippen molar-refractivity contribution >= 4 is 22.4 Å². The lowest BCUT2D eigenvalue weighted by molar-refractivity contribution is -0.0545. The maximum atomic E-state index is 6.06. The smallest absolute Gasteiger partial charge is 0.389 e. The fraction of sp³-hybridized carbons (Fsp3) is 0.625. The van der Waals surface area contributed by atoms with Crippen LogP contribution in [-0.4, -0.2) is 45.5 Å². The molecule has 2 aromatic rings. The summed E-state index contributed by atoms with van der Waals surface area (Å²) >= 11 is 1.56. The fourth-order valence-electron chi connectivity index (χ4n) is 2.71. The van der Waals surface area contributed by atoms with Crippen LogP contribution in [-0.2, 0) is 27.2 Å². The van der Waals surface area contributed by atoms with Gasteiger partial charge in [-0.3, -0.25) is 0 Å². The van der Waals surface area contributed by atoms with Crippen molar-refractivity contribution in [1.29, 1.82) is 0 Å². The summed E-state index contributed by atoms with van der Waals surface area (Å²) in [5, 5.41) is 15.3. The van der Waals surface area contributed by atoms with E-state index >= 15 is 0 Å². The van der Waals surface area contributed by atoms with Gasteiger partial charge in [-0.1, -0.05) is 6.92 Å². The van der Waals surface area contributed by atoms with E-state index in [-0.39, 0.29) is 11.7 Å². The lowest BCUT2D eigenvalue weighted by atomic mass is 9.89. The van der Waals surface area contributed by atoms with E-state index in [1.54, 1.807) is 11.3 Å². The van der Waals surface area contributed by atoms with Gasteiger partial charge in [-0.25, -0.2) is 0 Å². The number of nitrogens with zero attached hydrogens (tertiary/aromatic N) is 4. The van der Waals surface area contributed by atoms with E-state index in [1.165, 1.54) is 5.56 Å². The SMILES string of the molecule is CCOC(=Nc1sc2c(c1-c1nn[nH]n1)C[C@](C)(CC)OC2)OCC. The first-order valence-corrected chi connectivity index (χ1v) is 9.28. The average molecular weight is 365 g/mol. The Morgan fingerprint density at radius 2 is 2.08 bits per heavy atom. The van der Waals surface area contributed by atoms with Crippen LogP contribution in [0.2, 0.25) is 0 Å². The predicted octanol–water partition coefficient (Wildman–Crippen LogP) is 3.23. The van der Waals surface area contributed by atoms with E-state index in [4.69, 9.17) is 14.2 Å². The van der Waals surface area contributed by atoms with Gasteiger partial charge in [0.2, 0.25) is 5.82 Å². The Bertz CT molecular complexity index is 735. The number of tetrazole rings is 1. The van der Waals surface area contributed by atoms with Crippen molar-refractivity contribution < 1.29 is 14.2 Å². The topological polar surface area (TPSA) is 94.5 Å². The lowest BCUT2D eigenvalue weighted by Crippen LogP contribution is -2.34. The lowest BCUT2D eigenvalue weighted by Gasteiger charge is -2.33. The summed E-state index contributed by atoms with van der Waals surface area (Å²) in [6.07, 6.45) is 1.97. The van der Waals surface area contributed by atoms with E-state index in [2.05, 4.69) is 39.5 Å². The molecule has 0 spiro atoms. The Morgan fingerprint density at radius 1 is 1.32 bits per heavy atom. The number of hydrogen-bond acceptors (Lipinski definition) is 8. The van der Waals surface area contributed by atoms with E-state index in [0.29, 0.717) is 25.6 Å². The van der Waals surface area contributed by atoms with E-state index in [9.17, 15) is 0 Å². The molecule has 0 unspecified atom stereocenters. The van der Waals surface area contributed by atoms with E-state index < -0.39 is 0 Å². The molecule has 0 saturated heterocycles. The second kappa shape index (κ2) is 7.49. The highest BCUT2D eigenvalue weighted by molar-refractivity contribution is 7.16. The minimum atomic E-state index is -0.198. The van der Waals surface area contributed by atoms with Crippen molar-refractivity contribution in [3.63, 3.8) is 0 Å². The number of rotatable bonds is 5. The molecular weight excluding hydrogens is 342 g/mol. The standard InChI is InChI=1S/C16H23N5O3S/c1-5-16(4)8-10-11(9-24-16)25-14(12(10)13-18-20-21-19-13)17-15(22-6-2)23-7-3/h5-9H2,1-4H3,(H,18,19,20,21)/t16-/m0/s1. The molecule has 136 valence electrons. The Hall–Kier alpha value is -2.00. The fourth-order valence-corrected chi connectivity index (χ4v) is 3.79. The number of H-pyrrole nitrogens is 1. The first-order chi connectivity index (χ1) is 12.1. The molecule has 2 aromatic heterocycles. The highest BCUT2D eigenvalue weighted by Gasteiger charge is 2.35. The van der Waals surface area contributed by atoms with Crippen LogP contribution in [0.4, 0.5) is 5.00 Å². The molecule has 1 atom stereocenters. The molecule has 3 rings (SSSR count). The van der Waals surface area contributed by atoms with Crippen molar-refractivity contribution in [1.82, 2.24) is 20.6 Å². The molecule has 0 radical (unpaired) electrons. The Kier molecular flexibility index (Phi) is 5.33. The average Bonchev–Trinajstić information content (AvgIpc) is 3.22. The minimum absolute atomic E-state index is 0.198. The van der Waals surface area contributed by atoms with E-state index in [1.807, 2.05) is 13.8 Å². The second-order valence-electron chi connectivity index (χ2n) is 5.93. The maximum Gasteiger partial charge on any atom is 0.389 e. The van der Waals surface area contributed by atoms with Crippen LogP contribution in [0, 0.1) is 0 Å². The monoisotopic (exact) mass is 365 g/mol. The molecule has 1 aliphatic rings. The van der Waals surface area contributed by atoms with Crippen LogP contribution in [0.5, 0.6) is 0 Å². The summed E-state index contributed by atoms with van der Waals surface area (Å²) in [7, 11) is 0. The van der Waals surface area contributed by atoms with Gasteiger partial charge in [0.1, 0.15) is 5.00 Å². The largest absolute Gasteiger partial charge is 0.451 e. The first-order valence-electron chi connectivity index (χ1n) is 8.46. The van der Waals surface area contributed by atoms with Crippen LogP contribution in [0.15, 0.2) is 4.99 Å². The third kappa shape index (κ3) is 3.67. The highest BCUT2D eigenvalue weighted by atomic mass is 32.1. The molecule has 3 heterocycles. The first kappa shape index (κ1) is 17.8. The number of hydrogen-bond donors (Lipinski definition) is 1. The molecule has 0 saturated carbocycles. The van der Waals surface area contributed by atoms with Crippen LogP contribution in [0.25, 0.3) is 11.4 Å². The van der Waals surface area contributed by atoms with Crippen molar-refractivity contribution in [3.05, 3.63) is 10.4 Å². The highest BCUT2D eigenvalue weighted by Crippen LogP contribution is 2.46. The summed E-state index contributed by atoms with van der Waals surface area (Å²) in [5.41, 5.74) is 1.86. The molecular formula is C16H23N5O3S. The Labute approximate surface area is 150 Å². The number of aliphatic imine (C=N–C) groups is 1. The van der Waals surface area contributed by atoms with Crippen molar-refractivity contribution in [2.24, 2.45) is 4.99 Å². The zero-order valence-corrected chi connectivity index (χ0v) is 15.8. The molecule has 0 aromatic carbocycles. The summed E-state index contributed by atoms with van der Waals surface area (Å²) in [6.45, 7) is 9.58. The minimum Gasteiger partial charge on any atom is -0.451 e. The van der Waals surface area contributed by atoms with Gasteiger partial charge in [-0.2, -0.15) is 10.2 Å². The number of aromatic amines is 1. The van der Waals surface area contributed by atoms with Gasteiger partial charge < -0.3 is 14.2 Å².